The monoisotopic (exact) mass is 208 g/mol. The van der Waals surface area contributed by atoms with Gasteiger partial charge in [-0.25, -0.2) is 0 Å². The predicted molar refractivity (Wildman–Crippen MR) is 45.4 cm³/mol. The Kier molecular flexibility index (Phi) is 3.82. The molecule has 0 spiro atoms. The molecule has 0 saturated carbocycles. The smallest absolute Gasteiger partial charge is 0.220 e. The van der Waals surface area contributed by atoms with Gasteiger partial charge in [-0.1, -0.05) is 0 Å². The van der Waals surface area contributed by atoms with E-state index in [1.807, 2.05) is 0 Å². The summed E-state index contributed by atoms with van der Waals surface area (Å²) in [6.07, 6.45) is -2.54. The predicted octanol–water partition coefficient (Wildman–Crippen LogP) is -2.32. The van der Waals surface area contributed by atoms with Crippen molar-refractivity contribution in [3.63, 3.8) is 0 Å². The first-order valence-corrected chi connectivity index (χ1v) is 4.38. The summed E-state index contributed by atoms with van der Waals surface area (Å²) in [5, 5.41) is 37.0. The maximum Gasteiger partial charge on any atom is 0.220 e. The van der Waals surface area contributed by atoms with Gasteiger partial charge in [0.05, 0.1) is 25.9 Å². The molecule has 0 aromatic heterocycles. The number of aliphatic hydroxyl groups is 4. The first-order valence-electron chi connectivity index (χ1n) is 4.38. The van der Waals surface area contributed by atoms with Crippen LogP contribution in [0.3, 0.4) is 0 Å². The Labute approximate surface area is 81.7 Å². The Hall–Kier alpha value is -0.240. The fraction of sp³-hybridized carbons (Fsp3) is 1.00. The topological polar surface area (TPSA) is 99.4 Å². The number of hydrogen-bond acceptors (Lipinski definition) is 6. The highest BCUT2D eigenvalue weighted by atomic mass is 16.7. The molecule has 0 unspecified atom stereocenters. The zero-order valence-electron chi connectivity index (χ0n) is 7.96. The SMILES string of the molecule is CO[C@@]1(CO)OC[C@H](CO)[C@@H](O)[C@@H]1O. The van der Waals surface area contributed by atoms with Gasteiger partial charge in [-0.15, -0.1) is 0 Å². The molecule has 0 bridgehead atoms. The molecule has 1 saturated heterocycles. The Balaban J connectivity index is 2.76. The van der Waals surface area contributed by atoms with Crippen molar-refractivity contribution in [2.45, 2.75) is 18.0 Å². The Morgan fingerprint density at radius 3 is 2.50 bits per heavy atom. The van der Waals surface area contributed by atoms with Gasteiger partial charge in [-0.3, -0.25) is 0 Å². The third-order valence-corrected chi connectivity index (χ3v) is 2.60. The maximum atomic E-state index is 9.62. The molecule has 0 amide bonds. The van der Waals surface area contributed by atoms with Crippen LogP contribution in [0, 0.1) is 5.92 Å². The van der Waals surface area contributed by atoms with Crippen LogP contribution in [0.1, 0.15) is 0 Å². The standard InChI is InChI=1S/C8H16O6/c1-13-8(4-10)7(12)6(11)5(2-9)3-14-8/h5-7,9-12H,2-4H2,1H3/t5-,6+,7-,8-/m0/s1. The summed E-state index contributed by atoms with van der Waals surface area (Å²) in [5.74, 6) is -2.13. The third kappa shape index (κ3) is 1.77. The molecular formula is C8H16O6. The molecule has 6 nitrogen and oxygen atoms in total. The second kappa shape index (κ2) is 4.52. The van der Waals surface area contributed by atoms with E-state index in [2.05, 4.69) is 0 Å². The molecule has 1 aliphatic rings. The molecule has 1 fully saturated rings. The van der Waals surface area contributed by atoms with Crippen LogP contribution in [0.4, 0.5) is 0 Å². The molecule has 1 heterocycles. The summed E-state index contributed by atoms with van der Waals surface area (Å²) in [5.41, 5.74) is 0. The van der Waals surface area contributed by atoms with Gasteiger partial charge in [0.15, 0.2) is 0 Å². The second-order valence-corrected chi connectivity index (χ2v) is 3.36. The van der Waals surface area contributed by atoms with Gasteiger partial charge < -0.3 is 29.9 Å². The number of methoxy groups -OCH3 is 1. The van der Waals surface area contributed by atoms with Crippen LogP contribution in [0.25, 0.3) is 0 Å². The zero-order chi connectivity index (χ0) is 10.8. The van der Waals surface area contributed by atoms with Gasteiger partial charge in [-0.05, 0) is 0 Å². The summed E-state index contributed by atoms with van der Waals surface area (Å²) < 4.78 is 9.95. The lowest BCUT2D eigenvalue weighted by molar-refractivity contribution is -0.336. The van der Waals surface area contributed by atoms with Crippen molar-refractivity contribution in [2.75, 3.05) is 26.9 Å². The fourth-order valence-corrected chi connectivity index (χ4v) is 1.49. The van der Waals surface area contributed by atoms with E-state index < -0.39 is 30.5 Å². The molecule has 4 atom stereocenters. The second-order valence-electron chi connectivity index (χ2n) is 3.36. The van der Waals surface area contributed by atoms with Crippen LogP contribution in [0.5, 0.6) is 0 Å². The summed E-state index contributed by atoms with van der Waals surface area (Å²) in [6, 6.07) is 0. The van der Waals surface area contributed by atoms with Crippen molar-refractivity contribution < 1.29 is 29.9 Å². The molecule has 0 aromatic carbocycles. The van der Waals surface area contributed by atoms with Crippen molar-refractivity contribution in [1.82, 2.24) is 0 Å². The molecule has 0 radical (unpaired) electrons. The number of aliphatic hydroxyl groups excluding tert-OH is 4. The zero-order valence-corrected chi connectivity index (χ0v) is 7.96. The molecule has 6 heteroatoms. The molecule has 84 valence electrons. The maximum absolute atomic E-state index is 9.62. The summed E-state index contributed by atoms with van der Waals surface area (Å²) in [7, 11) is 1.27. The van der Waals surface area contributed by atoms with Gasteiger partial charge in [0, 0.05) is 13.0 Å². The van der Waals surface area contributed by atoms with E-state index in [0.717, 1.165) is 0 Å². The summed E-state index contributed by atoms with van der Waals surface area (Å²) in [6.45, 7) is -0.813. The molecule has 1 aliphatic heterocycles. The Bertz CT molecular complexity index is 181. The summed E-state index contributed by atoms with van der Waals surface area (Å²) >= 11 is 0. The van der Waals surface area contributed by atoms with Gasteiger partial charge in [-0.2, -0.15) is 0 Å². The lowest BCUT2D eigenvalue weighted by atomic mass is 9.91. The van der Waals surface area contributed by atoms with Crippen LogP contribution < -0.4 is 0 Å². The van der Waals surface area contributed by atoms with E-state index in [0.29, 0.717) is 0 Å². The molecule has 0 aromatic rings. The fourth-order valence-electron chi connectivity index (χ4n) is 1.49. The minimum Gasteiger partial charge on any atom is -0.396 e. The van der Waals surface area contributed by atoms with Crippen LogP contribution in [-0.2, 0) is 9.47 Å². The molecule has 0 aliphatic carbocycles. The van der Waals surface area contributed by atoms with Gasteiger partial charge >= 0.3 is 0 Å². The highest BCUT2D eigenvalue weighted by Crippen LogP contribution is 2.29. The lowest BCUT2D eigenvalue weighted by Gasteiger charge is -2.43. The third-order valence-electron chi connectivity index (χ3n) is 2.60. The summed E-state index contributed by atoms with van der Waals surface area (Å²) in [4.78, 5) is 0. The minimum atomic E-state index is -1.58. The highest BCUT2D eigenvalue weighted by Gasteiger charge is 2.49. The van der Waals surface area contributed by atoms with Crippen LogP contribution in [0.2, 0.25) is 0 Å². The van der Waals surface area contributed by atoms with Crippen molar-refractivity contribution in [2.24, 2.45) is 5.92 Å². The van der Waals surface area contributed by atoms with E-state index >= 15 is 0 Å². The quantitative estimate of drug-likeness (QED) is 0.415. The van der Waals surface area contributed by atoms with E-state index in [1.54, 1.807) is 0 Å². The average Bonchev–Trinajstić information content (AvgIpc) is 2.23. The van der Waals surface area contributed by atoms with Crippen LogP contribution in [0.15, 0.2) is 0 Å². The average molecular weight is 208 g/mol. The minimum absolute atomic E-state index is 0.0309. The van der Waals surface area contributed by atoms with E-state index in [9.17, 15) is 10.2 Å². The van der Waals surface area contributed by atoms with Crippen molar-refractivity contribution in [3.05, 3.63) is 0 Å². The van der Waals surface area contributed by atoms with Crippen molar-refractivity contribution in [1.29, 1.82) is 0 Å². The number of rotatable bonds is 3. The highest BCUT2D eigenvalue weighted by molar-refractivity contribution is 4.92. The van der Waals surface area contributed by atoms with Crippen molar-refractivity contribution >= 4 is 0 Å². The van der Waals surface area contributed by atoms with E-state index in [1.165, 1.54) is 7.11 Å². The van der Waals surface area contributed by atoms with Crippen LogP contribution >= 0.6 is 0 Å². The van der Waals surface area contributed by atoms with E-state index in [4.69, 9.17) is 19.7 Å². The Morgan fingerprint density at radius 1 is 1.43 bits per heavy atom. The van der Waals surface area contributed by atoms with Gasteiger partial charge in [0.1, 0.15) is 6.10 Å². The number of hydrogen-bond donors (Lipinski definition) is 4. The lowest BCUT2D eigenvalue weighted by Crippen LogP contribution is -2.62. The first-order chi connectivity index (χ1) is 6.61. The molecule has 4 N–H and O–H groups in total. The van der Waals surface area contributed by atoms with Crippen molar-refractivity contribution in [3.8, 4) is 0 Å². The first kappa shape index (κ1) is 11.8. The Morgan fingerprint density at radius 2 is 2.07 bits per heavy atom. The largest absolute Gasteiger partial charge is 0.396 e. The van der Waals surface area contributed by atoms with E-state index in [-0.39, 0.29) is 13.2 Å². The molecular weight excluding hydrogens is 192 g/mol. The normalized spacial score (nSPS) is 43.9. The van der Waals surface area contributed by atoms with Gasteiger partial charge in [0.25, 0.3) is 0 Å². The molecule has 1 rings (SSSR count). The van der Waals surface area contributed by atoms with Gasteiger partial charge in [0.2, 0.25) is 5.79 Å². The number of ether oxygens (including phenoxy) is 2. The van der Waals surface area contributed by atoms with Crippen LogP contribution in [-0.4, -0.2) is 65.4 Å². The molecule has 14 heavy (non-hydrogen) atoms.